The maximum Gasteiger partial charge on any atom is 0.307 e. The highest BCUT2D eigenvalue weighted by Gasteiger charge is 2.59. The fourth-order valence-corrected chi connectivity index (χ4v) is 4.60. The van der Waals surface area contributed by atoms with Crippen molar-refractivity contribution >= 4 is 5.97 Å². The molecule has 3 atom stereocenters. The molecule has 2 aliphatic rings. The third-order valence-electron chi connectivity index (χ3n) is 6.21. The number of hydrogen-bond acceptors (Lipinski definition) is 5. The maximum atomic E-state index is 11.2. The largest absolute Gasteiger partial charge is 0.481 e. The van der Waals surface area contributed by atoms with Crippen molar-refractivity contribution in [3.05, 3.63) is 71.0 Å². The van der Waals surface area contributed by atoms with E-state index in [-0.39, 0.29) is 17.8 Å². The van der Waals surface area contributed by atoms with Crippen LogP contribution in [0.3, 0.4) is 0 Å². The number of aryl methyl sites for hydroxylation is 1. The van der Waals surface area contributed by atoms with Crippen LogP contribution in [0.5, 0.6) is 11.8 Å². The Balaban J connectivity index is 1.31. The van der Waals surface area contributed by atoms with Crippen LogP contribution in [0.15, 0.2) is 48.8 Å². The number of carboxylic acid groups (broad SMARTS) is 1. The van der Waals surface area contributed by atoms with Gasteiger partial charge in [-0.3, -0.25) is 4.79 Å². The van der Waals surface area contributed by atoms with Crippen molar-refractivity contribution in [1.82, 2.24) is 9.97 Å². The van der Waals surface area contributed by atoms with Gasteiger partial charge < -0.3 is 14.6 Å². The number of carboxylic acids is 1. The highest BCUT2D eigenvalue weighted by atomic mass is 16.5. The number of aliphatic carboxylic acids is 1. The van der Waals surface area contributed by atoms with Gasteiger partial charge in [0.05, 0.1) is 13.0 Å². The van der Waals surface area contributed by atoms with Gasteiger partial charge in [-0.15, -0.1) is 0 Å². The molecule has 2 heterocycles. The third kappa shape index (κ3) is 3.18. The third-order valence-corrected chi connectivity index (χ3v) is 6.21. The zero-order valence-electron chi connectivity index (χ0n) is 16.8. The van der Waals surface area contributed by atoms with E-state index in [2.05, 4.69) is 35.1 Å². The molecule has 2 aromatic heterocycles. The van der Waals surface area contributed by atoms with Gasteiger partial charge in [0.15, 0.2) is 0 Å². The van der Waals surface area contributed by atoms with E-state index < -0.39 is 5.97 Å². The smallest absolute Gasteiger partial charge is 0.307 e. The zero-order valence-corrected chi connectivity index (χ0v) is 16.8. The van der Waals surface area contributed by atoms with Crippen LogP contribution in [0.1, 0.15) is 28.2 Å². The Bertz CT molecular complexity index is 1140. The summed E-state index contributed by atoms with van der Waals surface area (Å²) in [7, 11) is 1.61. The maximum absolute atomic E-state index is 11.2. The van der Waals surface area contributed by atoms with Crippen molar-refractivity contribution < 1.29 is 19.4 Å². The van der Waals surface area contributed by atoms with E-state index in [1.165, 1.54) is 5.56 Å². The topological polar surface area (TPSA) is 81.5 Å². The average Bonchev–Trinajstić information content (AvgIpc) is 3.36. The summed E-state index contributed by atoms with van der Waals surface area (Å²) in [6.07, 6.45) is 4.33. The molecule has 0 saturated heterocycles. The average molecular weight is 402 g/mol. The molecule has 1 saturated carbocycles. The summed E-state index contributed by atoms with van der Waals surface area (Å²) < 4.78 is 11.2. The molecule has 6 heteroatoms. The first kappa shape index (κ1) is 18.6. The molecule has 0 amide bonds. The van der Waals surface area contributed by atoms with E-state index in [0.29, 0.717) is 18.4 Å². The molecule has 1 fully saturated rings. The lowest BCUT2D eigenvalue weighted by Gasteiger charge is -2.12. The minimum atomic E-state index is -0.696. The summed E-state index contributed by atoms with van der Waals surface area (Å²) in [6, 6.07) is 12.1. The van der Waals surface area contributed by atoms with E-state index in [1.807, 2.05) is 18.2 Å². The number of aromatic nitrogens is 2. The minimum Gasteiger partial charge on any atom is -0.481 e. The van der Waals surface area contributed by atoms with Crippen molar-refractivity contribution in [2.75, 3.05) is 7.11 Å². The summed E-state index contributed by atoms with van der Waals surface area (Å²) in [5.41, 5.74) is 6.60. The Hall–Kier alpha value is -3.41. The highest BCUT2D eigenvalue weighted by Crippen LogP contribution is 2.61. The van der Waals surface area contributed by atoms with E-state index in [4.69, 9.17) is 9.47 Å². The number of ether oxygens (including phenoxy) is 2. The van der Waals surface area contributed by atoms with Crippen molar-refractivity contribution in [1.29, 1.82) is 0 Å². The number of hydrogen-bond donors (Lipinski definition) is 1. The molecular weight excluding hydrogens is 380 g/mol. The second-order valence-electron chi connectivity index (χ2n) is 8.00. The van der Waals surface area contributed by atoms with Crippen LogP contribution in [0.25, 0.3) is 11.1 Å². The fraction of sp³-hybridized carbons (Fsp3) is 0.292. The summed E-state index contributed by atoms with van der Waals surface area (Å²) in [4.78, 5) is 19.8. The number of nitrogens with zero attached hydrogens (tertiary/aromatic N) is 2. The van der Waals surface area contributed by atoms with Gasteiger partial charge in [0.2, 0.25) is 11.8 Å². The molecule has 5 rings (SSSR count). The summed E-state index contributed by atoms with van der Waals surface area (Å²) in [6.45, 7) is 2.48. The van der Waals surface area contributed by atoms with Crippen LogP contribution in [-0.2, 0) is 17.8 Å². The molecule has 0 unspecified atom stereocenters. The normalized spacial score (nSPS) is 20.9. The SMILES string of the molecule is COc1cc(-c2cc(COc3cc4c(cn3)[C@H]3[C@@H](C4)[C@@H]3C(=O)O)ccc2C)ccn1. The second kappa shape index (κ2) is 7.13. The second-order valence-corrected chi connectivity index (χ2v) is 8.00. The molecule has 2 aliphatic carbocycles. The minimum absolute atomic E-state index is 0.135. The van der Waals surface area contributed by atoms with Gasteiger partial charge in [-0.05, 0) is 64.8 Å². The van der Waals surface area contributed by atoms with Crippen LogP contribution in [-0.4, -0.2) is 28.2 Å². The monoisotopic (exact) mass is 402 g/mol. The molecule has 152 valence electrons. The first-order valence-electron chi connectivity index (χ1n) is 9.99. The van der Waals surface area contributed by atoms with Crippen LogP contribution in [0.4, 0.5) is 0 Å². The Labute approximate surface area is 174 Å². The first-order valence-corrected chi connectivity index (χ1v) is 9.99. The molecule has 1 aromatic carbocycles. The molecule has 0 radical (unpaired) electrons. The van der Waals surface area contributed by atoms with Crippen molar-refractivity contribution in [3.63, 3.8) is 0 Å². The van der Waals surface area contributed by atoms with Gasteiger partial charge in [-0.25, -0.2) is 9.97 Å². The standard InChI is InChI=1S/C24H22N2O4/c1-13-3-4-14(7-17(13)15-5-6-25-20(9-15)29-2)12-30-21-10-16-8-18-22(19(16)11-26-21)23(18)24(27)28/h3-7,9-11,18,22-23H,8,12H2,1-2H3,(H,27,28)/t18-,22-,23+/m1/s1. The van der Waals surface area contributed by atoms with Crippen molar-refractivity contribution in [3.8, 4) is 22.9 Å². The summed E-state index contributed by atoms with van der Waals surface area (Å²) in [5.74, 6) is 0.596. The Morgan fingerprint density at radius 1 is 1.17 bits per heavy atom. The molecule has 3 aromatic rings. The predicted octanol–water partition coefficient (Wildman–Crippen LogP) is 4.01. The predicted molar refractivity (Wildman–Crippen MR) is 111 cm³/mol. The van der Waals surface area contributed by atoms with Crippen LogP contribution in [0.2, 0.25) is 0 Å². The van der Waals surface area contributed by atoms with Gasteiger partial charge in [-0.2, -0.15) is 0 Å². The van der Waals surface area contributed by atoms with Crippen molar-refractivity contribution in [2.45, 2.75) is 25.9 Å². The van der Waals surface area contributed by atoms with Gasteiger partial charge in [-0.1, -0.05) is 12.1 Å². The molecule has 0 spiro atoms. The molecule has 0 aliphatic heterocycles. The molecule has 0 bridgehead atoms. The molecule has 6 nitrogen and oxygen atoms in total. The lowest BCUT2D eigenvalue weighted by atomic mass is 9.99. The summed E-state index contributed by atoms with van der Waals surface area (Å²) in [5, 5.41) is 9.25. The molecule has 1 N–H and O–H groups in total. The quantitative estimate of drug-likeness (QED) is 0.671. The van der Waals surface area contributed by atoms with E-state index in [0.717, 1.165) is 34.2 Å². The molecule has 30 heavy (non-hydrogen) atoms. The number of benzene rings is 1. The van der Waals surface area contributed by atoms with Gasteiger partial charge in [0.25, 0.3) is 0 Å². The Kier molecular flexibility index (Phi) is 4.42. The highest BCUT2D eigenvalue weighted by molar-refractivity contribution is 5.77. The zero-order chi connectivity index (χ0) is 20.8. The van der Waals surface area contributed by atoms with E-state index in [1.54, 1.807) is 19.5 Å². The van der Waals surface area contributed by atoms with Crippen LogP contribution >= 0.6 is 0 Å². The van der Waals surface area contributed by atoms with Gasteiger partial charge in [0.1, 0.15) is 6.61 Å². The number of rotatable bonds is 6. The summed E-state index contributed by atoms with van der Waals surface area (Å²) >= 11 is 0. The van der Waals surface area contributed by atoms with Crippen LogP contribution in [0, 0.1) is 18.8 Å². The van der Waals surface area contributed by atoms with Crippen molar-refractivity contribution in [2.24, 2.45) is 11.8 Å². The molecular formula is C24H22N2O4. The number of carbonyl (C=O) groups is 1. The van der Waals surface area contributed by atoms with Gasteiger partial charge >= 0.3 is 5.97 Å². The van der Waals surface area contributed by atoms with E-state index >= 15 is 0 Å². The van der Waals surface area contributed by atoms with E-state index in [9.17, 15) is 9.90 Å². The number of methoxy groups -OCH3 is 1. The fourth-order valence-electron chi connectivity index (χ4n) is 4.60. The van der Waals surface area contributed by atoms with Gasteiger partial charge in [0, 0.05) is 30.4 Å². The first-order chi connectivity index (χ1) is 14.5. The lowest BCUT2D eigenvalue weighted by Crippen LogP contribution is -2.06. The van der Waals surface area contributed by atoms with Crippen LogP contribution < -0.4 is 9.47 Å². The number of pyridine rings is 2. The Morgan fingerprint density at radius 2 is 2.03 bits per heavy atom. The Morgan fingerprint density at radius 3 is 2.83 bits per heavy atom. The number of fused-ring (bicyclic) bond motifs is 3. The lowest BCUT2D eigenvalue weighted by molar-refractivity contribution is -0.139.